The fourth-order valence-electron chi connectivity index (χ4n) is 3.25. The topological polar surface area (TPSA) is 49.0 Å². The van der Waals surface area contributed by atoms with E-state index in [1.807, 2.05) is 60.1 Å². The van der Waals surface area contributed by atoms with E-state index in [1.54, 1.807) is 24.2 Å². The number of benzene rings is 2. The molecule has 0 atom stereocenters. The van der Waals surface area contributed by atoms with Gasteiger partial charge in [0.15, 0.2) is 0 Å². The molecular weight excluding hydrogens is 362 g/mol. The lowest BCUT2D eigenvalue weighted by Crippen LogP contribution is -2.23. The Labute approximate surface area is 161 Å². The molecule has 0 unspecified atom stereocenters. The molecule has 27 heavy (non-hydrogen) atoms. The Bertz CT molecular complexity index is 1180. The molecule has 0 spiro atoms. The maximum absolute atomic E-state index is 13.1. The van der Waals surface area contributed by atoms with Crippen molar-refractivity contribution in [3.05, 3.63) is 82.0 Å². The lowest BCUT2D eigenvalue weighted by molar-refractivity contribution is 0.414. The van der Waals surface area contributed by atoms with Gasteiger partial charge in [0.05, 0.1) is 31.2 Å². The third-order valence-electron chi connectivity index (χ3n) is 4.69. The van der Waals surface area contributed by atoms with Crippen molar-refractivity contribution in [1.29, 1.82) is 0 Å². The second-order valence-corrected chi connectivity index (χ2v) is 6.82. The molecule has 0 aliphatic heterocycles. The minimum absolute atomic E-state index is 0.0854. The van der Waals surface area contributed by atoms with E-state index in [1.165, 1.54) is 0 Å². The van der Waals surface area contributed by atoms with Crippen LogP contribution in [-0.4, -0.2) is 21.2 Å². The largest absolute Gasteiger partial charge is 0.497 e. The maximum Gasteiger partial charge on any atom is 0.262 e. The zero-order chi connectivity index (χ0) is 19.0. The van der Waals surface area contributed by atoms with Crippen LogP contribution in [0.15, 0.2) is 65.8 Å². The number of aryl methyl sites for hydroxylation is 1. The van der Waals surface area contributed by atoms with Gasteiger partial charge in [-0.15, -0.1) is 0 Å². The Morgan fingerprint density at radius 1 is 1.11 bits per heavy atom. The van der Waals surface area contributed by atoms with Crippen molar-refractivity contribution in [2.75, 3.05) is 7.11 Å². The predicted molar refractivity (Wildman–Crippen MR) is 108 cm³/mol. The van der Waals surface area contributed by atoms with Gasteiger partial charge in [-0.05, 0) is 42.0 Å². The Kier molecular flexibility index (Phi) is 4.46. The fraction of sp³-hybridized carbons (Fsp3) is 0.143. The van der Waals surface area contributed by atoms with Crippen LogP contribution in [0.4, 0.5) is 0 Å². The monoisotopic (exact) mass is 379 g/mol. The van der Waals surface area contributed by atoms with Crippen LogP contribution in [0.25, 0.3) is 22.2 Å². The summed E-state index contributed by atoms with van der Waals surface area (Å²) in [5, 5.41) is 1.66. The third kappa shape index (κ3) is 3.22. The molecule has 0 aliphatic rings. The Morgan fingerprint density at radius 3 is 2.63 bits per heavy atom. The normalized spacial score (nSPS) is 11.1. The predicted octanol–water partition coefficient (Wildman–Crippen LogP) is 4.11. The lowest BCUT2D eigenvalue weighted by Gasteiger charge is -2.09. The summed E-state index contributed by atoms with van der Waals surface area (Å²) in [7, 11) is 3.57. The highest BCUT2D eigenvalue weighted by Gasteiger charge is 2.13. The van der Waals surface area contributed by atoms with Crippen LogP contribution in [0.5, 0.6) is 5.75 Å². The molecule has 5 nitrogen and oxygen atoms in total. The zero-order valence-electron chi connectivity index (χ0n) is 15.0. The van der Waals surface area contributed by atoms with Crippen molar-refractivity contribution >= 4 is 22.5 Å². The van der Waals surface area contributed by atoms with Gasteiger partial charge in [0.2, 0.25) is 0 Å². The summed E-state index contributed by atoms with van der Waals surface area (Å²) in [6, 6.07) is 15.3. The quantitative estimate of drug-likeness (QED) is 0.536. The van der Waals surface area contributed by atoms with Crippen LogP contribution in [0.3, 0.4) is 0 Å². The molecule has 0 amide bonds. The third-order valence-corrected chi connectivity index (χ3v) is 4.93. The number of aromatic nitrogens is 3. The molecule has 0 saturated carbocycles. The molecule has 0 radical (unpaired) electrons. The molecule has 2 aromatic carbocycles. The number of rotatable bonds is 4. The first-order valence-electron chi connectivity index (χ1n) is 8.49. The lowest BCUT2D eigenvalue weighted by atomic mass is 10.2. The van der Waals surface area contributed by atoms with Gasteiger partial charge >= 0.3 is 0 Å². The number of ether oxygens (including phenoxy) is 1. The van der Waals surface area contributed by atoms with E-state index in [-0.39, 0.29) is 5.56 Å². The SMILES string of the molecule is COc1ccc(Cn2cncc(-c3cc4cc(Cl)ccc4n3C)c2=O)cc1. The van der Waals surface area contributed by atoms with E-state index in [9.17, 15) is 4.79 Å². The molecule has 0 aliphatic carbocycles. The van der Waals surface area contributed by atoms with E-state index in [4.69, 9.17) is 16.3 Å². The van der Waals surface area contributed by atoms with Crippen molar-refractivity contribution in [2.24, 2.45) is 7.05 Å². The van der Waals surface area contributed by atoms with Gasteiger partial charge in [-0.25, -0.2) is 4.98 Å². The van der Waals surface area contributed by atoms with Crippen LogP contribution in [-0.2, 0) is 13.6 Å². The summed E-state index contributed by atoms with van der Waals surface area (Å²) in [6.07, 6.45) is 3.18. The molecule has 0 saturated heterocycles. The summed E-state index contributed by atoms with van der Waals surface area (Å²) in [5.74, 6) is 0.784. The van der Waals surface area contributed by atoms with E-state index < -0.39 is 0 Å². The number of nitrogens with zero attached hydrogens (tertiary/aromatic N) is 3. The van der Waals surface area contributed by atoms with E-state index in [0.717, 1.165) is 27.9 Å². The van der Waals surface area contributed by atoms with Crippen molar-refractivity contribution < 1.29 is 4.74 Å². The van der Waals surface area contributed by atoms with Crippen LogP contribution in [0, 0.1) is 0 Å². The molecule has 6 heteroatoms. The average molecular weight is 380 g/mol. The molecular formula is C21H18ClN3O2. The molecule has 4 rings (SSSR count). The van der Waals surface area contributed by atoms with Crippen molar-refractivity contribution in [3.63, 3.8) is 0 Å². The molecule has 0 N–H and O–H groups in total. The van der Waals surface area contributed by atoms with E-state index in [2.05, 4.69) is 4.98 Å². The van der Waals surface area contributed by atoms with Gasteiger partial charge in [-0.2, -0.15) is 0 Å². The van der Waals surface area contributed by atoms with Crippen molar-refractivity contribution in [3.8, 4) is 17.0 Å². The maximum atomic E-state index is 13.1. The van der Waals surface area contributed by atoms with Crippen LogP contribution < -0.4 is 10.3 Å². The van der Waals surface area contributed by atoms with Crippen LogP contribution >= 0.6 is 11.6 Å². The van der Waals surface area contributed by atoms with Crippen molar-refractivity contribution in [1.82, 2.24) is 14.1 Å². The summed E-state index contributed by atoms with van der Waals surface area (Å²) < 4.78 is 8.78. The van der Waals surface area contributed by atoms with Gasteiger partial charge in [-0.1, -0.05) is 23.7 Å². The Hall–Kier alpha value is -3.05. The molecule has 2 aromatic heterocycles. The Balaban J connectivity index is 1.76. The van der Waals surface area contributed by atoms with Crippen LogP contribution in [0.1, 0.15) is 5.56 Å². The molecule has 136 valence electrons. The molecule has 2 heterocycles. The van der Waals surface area contributed by atoms with Gasteiger partial charge in [0.1, 0.15) is 5.75 Å². The van der Waals surface area contributed by atoms with Gasteiger partial charge in [-0.3, -0.25) is 9.36 Å². The summed E-state index contributed by atoms with van der Waals surface area (Å²) in [6.45, 7) is 0.444. The highest BCUT2D eigenvalue weighted by molar-refractivity contribution is 6.31. The van der Waals surface area contributed by atoms with Gasteiger partial charge in [0, 0.05) is 29.2 Å². The fourth-order valence-corrected chi connectivity index (χ4v) is 3.43. The highest BCUT2D eigenvalue weighted by Crippen LogP contribution is 2.27. The van der Waals surface area contributed by atoms with E-state index >= 15 is 0 Å². The second-order valence-electron chi connectivity index (χ2n) is 6.38. The highest BCUT2D eigenvalue weighted by atomic mass is 35.5. The first-order valence-corrected chi connectivity index (χ1v) is 8.87. The van der Waals surface area contributed by atoms with Gasteiger partial charge in [0.25, 0.3) is 5.56 Å². The number of hydrogen-bond donors (Lipinski definition) is 0. The number of fused-ring (bicyclic) bond motifs is 1. The van der Waals surface area contributed by atoms with E-state index in [0.29, 0.717) is 17.1 Å². The molecule has 0 bridgehead atoms. The zero-order valence-corrected chi connectivity index (χ0v) is 15.8. The summed E-state index contributed by atoms with van der Waals surface area (Å²) in [5.41, 5.74) is 3.30. The first-order chi connectivity index (χ1) is 13.1. The minimum Gasteiger partial charge on any atom is -0.497 e. The Morgan fingerprint density at radius 2 is 1.89 bits per heavy atom. The average Bonchev–Trinajstić information content (AvgIpc) is 2.99. The summed E-state index contributed by atoms with van der Waals surface area (Å²) >= 11 is 6.10. The second kappa shape index (κ2) is 6.93. The number of methoxy groups -OCH3 is 1. The minimum atomic E-state index is -0.0854. The first kappa shape index (κ1) is 17.4. The standard InChI is InChI=1S/C21H18ClN3O2/c1-24-19-8-5-16(22)9-15(19)10-20(24)18-11-23-13-25(21(18)26)12-14-3-6-17(27-2)7-4-14/h3-11,13H,12H2,1-2H3. The molecule has 0 fully saturated rings. The van der Waals surface area contributed by atoms with Crippen molar-refractivity contribution in [2.45, 2.75) is 6.54 Å². The van der Waals surface area contributed by atoms with Gasteiger partial charge < -0.3 is 9.30 Å². The smallest absolute Gasteiger partial charge is 0.262 e. The summed E-state index contributed by atoms with van der Waals surface area (Å²) in [4.78, 5) is 17.3. The van der Waals surface area contributed by atoms with Crippen LogP contribution in [0.2, 0.25) is 5.02 Å². The molecule has 4 aromatic rings. The number of halogens is 1. The number of hydrogen-bond acceptors (Lipinski definition) is 3.